The number of aliphatic hydroxyl groups is 3. The number of phenolic OH excluding ortho intramolecular Hbond substituents is 1. The predicted molar refractivity (Wildman–Crippen MR) is 138 cm³/mol. The zero-order valence-electron chi connectivity index (χ0n) is 21.1. The number of non-ortho nitro benzene ring substituents is 1. The molecule has 11 heteroatoms. The molecule has 0 aliphatic heterocycles. The van der Waals surface area contributed by atoms with E-state index in [0.29, 0.717) is 11.1 Å². The normalized spacial score (nSPS) is 24.4. The third kappa shape index (κ3) is 3.64. The number of aliphatic hydroxyl groups excluding tert-OH is 2. The van der Waals surface area contributed by atoms with Gasteiger partial charge in [0.2, 0.25) is 5.78 Å². The van der Waals surface area contributed by atoms with Crippen molar-refractivity contribution in [2.75, 3.05) is 0 Å². The van der Waals surface area contributed by atoms with Gasteiger partial charge in [-0.25, -0.2) is 0 Å². The van der Waals surface area contributed by atoms with Crippen LogP contribution in [-0.2, 0) is 20.8 Å². The number of ketones is 2. The highest BCUT2D eigenvalue weighted by Crippen LogP contribution is 2.54. The molecule has 0 radical (unpaired) electrons. The van der Waals surface area contributed by atoms with Gasteiger partial charge < -0.3 is 26.2 Å². The first kappa shape index (κ1) is 26.1. The van der Waals surface area contributed by atoms with Crippen molar-refractivity contribution < 1.29 is 39.7 Å². The highest BCUT2D eigenvalue weighted by molar-refractivity contribution is 6.22. The fraction of sp³-hybridized carbons (Fsp3) is 0.321. The van der Waals surface area contributed by atoms with E-state index in [-0.39, 0.29) is 41.1 Å². The van der Waals surface area contributed by atoms with Gasteiger partial charge in [0.25, 0.3) is 11.6 Å². The lowest BCUT2D eigenvalue weighted by Gasteiger charge is -2.46. The molecule has 0 aromatic heterocycles. The number of fused-ring (bicyclic) bond motifs is 3. The zero-order valence-corrected chi connectivity index (χ0v) is 21.1. The molecule has 3 aliphatic rings. The number of aromatic hydroxyl groups is 1. The minimum absolute atomic E-state index is 0.0356. The molecule has 202 valence electrons. The maximum absolute atomic E-state index is 13.7. The summed E-state index contributed by atoms with van der Waals surface area (Å²) in [4.78, 5) is 48.9. The Kier molecular flexibility index (Phi) is 5.87. The molecule has 0 spiro atoms. The Hall–Kier alpha value is -4.51. The summed E-state index contributed by atoms with van der Waals surface area (Å²) >= 11 is 0. The second-order valence-corrected chi connectivity index (χ2v) is 10.6. The number of phenols is 1. The van der Waals surface area contributed by atoms with Gasteiger partial charge in [-0.15, -0.1) is 0 Å². The number of hydrogen-bond donors (Lipinski definition) is 5. The van der Waals surface area contributed by atoms with Crippen LogP contribution in [0.3, 0.4) is 0 Å². The van der Waals surface area contributed by atoms with Gasteiger partial charge >= 0.3 is 0 Å². The average Bonchev–Trinajstić information content (AvgIpc) is 2.86. The van der Waals surface area contributed by atoms with Crippen molar-refractivity contribution >= 4 is 28.9 Å². The molecule has 39 heavy (non-hydrogen) atoms. The number of benzene rings is 2. The zero-order chi connectivity index (χ0) is 28.5. The Morgan fingerprint density at radius 1 is 1.15 bits per heavy atom. The van der Waals surface area contributed by atoms with Crippen molar-refractivity contribution in [2.24, 2.45) is 17.6 Å². The van der Waals surface area contributed by atoms with Crippen molar-refractivity contribution in [1.82, 2.24) is 0 Å². The molecular weight excluding hydrogens is 508 g/mol. The fourth-order valence-corrected chi connectivity index (χ4v) is 6.24. The molecule has 0 unspecified atom stereocenters. The number of nitrogens with two attached hydrogens (primary N) is 1. The Morgan fingerprint density at radius 2 is 1.85 bits per heavy atom. The van der Waals surface area contributed by atoms with Crippen molar-refractivity contribution in [2.45, 2.75) is 44.6 Å². The van der Waals surface area contributed by atoms with Crippen LogP contribution in [-0.4, -0.2) is 48.4 Å². The summed E-state index contributed by atoms with van der Waals surface area (Å²) < 4.78 is 0. The third-order valence-corrected chi connectivity index (χ3v) is 8.09. The van der Waals surface area contributed by atoms with Crippen molar-refractivity contribution in [3.8, 4) is 16.9 Å². The third-order valence-electron chi connectivity index (χ3n) is 8.09. The van der Waals surface area contributed by atoms with Crippen molar-refractivity contribution in [3.05, 3.63) is 74.0 Å². The summed E-state index contributed by atoms with van der Waals surface area (Å²) in [6.07, 6.45) is -0.172. The van der Waals surface area contributed by atoms with E-state index in [4.69, 9.17) is 5.73 Å². The molecule has 3 aliphatic carbocycles. The van der Waals surface area contributed by atoms with Crippen LogP contribution < -0.4 is 5.73 Å². The first-order valence-electron chi connectivity index (χ1n) is 12.4. The number of primary amides is 1. The van der Waals surface area contributed by atoms with Crippen LogP contribution in [0.25, 0.3) is 16.9 Å². The second kappa shape index (κ2) is 8.77. The standard InChI is InChI=1S/C28H26N2O9/c1-11(2)16-10-17(12-4-3-5-15(7-12)30(38)39)23(32)21-18(16)8-13-6-14-9-19(31)22(27(29)36)26(35)28(14,37)25(34)20(13)24(21)33/h3-5,7,10-11,13-14,32-33,35,37H,6,8-9H2,1-2H3,(H2,29,36)/t13-,14+,28+/m1/s1. The molecule has 5 rings (SSSR count). The lowest BCUT2D eigenvalue weighted by atomic mass is 9.59. The largest absolute Gasteiger partial charge is 0.508 e. The Labute approximate surface area is 222 Å². The van der Waals surface area contributed by atoms with Crippen LogP contribution in [0, 0.1) is 22.0 Å². The first-order valence-corrected chi connectivity index (χ1v) is 12.4. The number of nitro benzene ring substituents is 1. The Morgan fingerprint density at radius 3 is 2.46 bits per heavy atom. The molecule has 0 bridgehead atoms. The van der Waals surface area contributed by atoms with Gasteiger partial charge in [0.15, 0.2) is 11.4 Å². The molecule has 11 nitrogen and oxygen atoms in total. The minimum Gasteiger partial charge on any atom is -0.508 e. The van der Waals surface area contributed by atoms with Crippen LogP contribution in [0.1, 0.15) is 49.3 Å². The molecule has 0 heterocycles. The average molecular weight is 535 g/mol. The number of rotatable bonds is 4. The van der Waals surface area contributed by atoms with Gasteiger partial charge in [-0.3, -0.25) is 24.5 Å². The summed E-state index contributed by atoms with van der Waals surface area (Å²) in [6, 6.07) is 7.33. The van der Waals surface area contributed by atoms with Crippen molar-refractivity contribution in [3.63, 3.8) is 0 Å². The summed E-state index contributed by atoms with van der Waals surface area (Å²) in [5, 5.41) is 56.3. The molecule has 3 atom stereocenters. The molecular formula is C28H26N2O9. The summed E-state index contributed by atoms with van der Waals surface area (Å²) in [6.45, 7) is 3.80. The van der Waals surface area contributed by atoms with Gasteiger partial charge in [0, 0.05) is 35.6 Å². The number of hydrogen-bond acceptors (Lipinski definition) is 9. The molecule has 0 saturated heterocycles. The van der Waals surface area contributed by atoms with E-state index in [1.165, 1.54) is 18.2 Å². The maximum Gasteiger partial charge on any atom is 0.270 e. The quantitative estimate of drug-likeness (QED) is 0.222. The molecule has 2 aromatic rings. The predicted octanol–water partition coefficient (Wildman–Crippen LogP) is 3.12. The van der Waals surface area contributed by atoms with Gasteiger partial charge in [-0.2, -0.15) is 0 Å². The monoisotopic (exact) mass is 534 g/mol. The molecule has 6 N–H and O–H groups in total. The van der Waals surface area contributed by atoms with Crippen LogP contribution in [0.15, 0.2) is 47.2 Å². The summed E-state index contributed by atoms with van der Waals surface area (Å²) in [5.41, 5.74) is 3.06. The SMILES string of the molecule is CC(C)c1cc(-c2cccc([N+](=O)[O-])c2)c(O)c2c1C[C@H]1C[C@H]3CC(=O)C(C(N)=O)=C(O)[C@@]3(O)C(=O)C1=C2O. The molecule has 1 amide bonds. The van der Waals surface area contributed by atoms with E-state index < -0.39 is 69.1 Å². The number of Topliss-reactive ketones (excluding diaryl/α,β-unsaturated/α-hetero) is 2. The number of carbonyl (C=O) groups is 3. The first-order chi connectivity index (χ1) is 18.3. The molecule has 2 aromatic carbocycles. The van der Waals surface area contributed by atoms with Crippen LogP contribution in [0.2, 0.25) is 0 Å². The second-order valence-electron chi connectivity index (χ2n) is 10.6. The number of nitro groups is 1. The Bertz CT molecular complexity index is 1570. The molecule has 1 fully saturated rings. The van der Waals surface area contributed by atoms with Crippen LogP contribution in [0.4, 0.5) is 5.69 Å². The summed E-state index contributed by atoms with van der Waals surface area (Å²) in [5.74, 6) is -7.10. The van der Waals surface area contributed by atoms with E-state index in [9.17, 15) is 44.9 Å². The lowest BCUT2D eigenvalue weighted by molar-refractivity contribution is -0.384. The smallest absolute Gasteiger partial charge is 0.270 e. The maximum atomic E-state index is 13.7. The van der Waals surface area contributed by atoms with Crippen LogP contribution in [0.5, 0.6) is 5.75 Å². The fourth-order valence-electron chi connectivity index (χ4n) is 6.24. The topological polar surface area (TPSA) is 201 Å². The van der Waals surface area contributed by atoms with E-state index in [1.807, 2.05) is 13.8 Å². The highest BCUT2D eigenvalue weighted by atomic mass is 16.6. The van der Waals surface area contributed by atoms with E-state index >= 15 is 0 Å². The number of carbonyl (C=O) groups excluding carboxylic acids is 3. The summed E-state index contributed by atoms with van der Waals surface area (Å²) in [7, 11) is 0. The van der Waals surface area contributed by atoms with Gasteiger partial charge in [0.1, 0.15) is 22.8 Å². The molecule has 1 saturated carbocycles. The number of amides is 1. The number of nitrogens with zero attached hydrogens (tertiary/aromatic N) is 1. The van der Waals surface area contributed by atoms with Gasteiger partial charge in [-0.1, -0.05) is 26.0 Å². The van der Waals surface area contributed by atoms with E-state index in [0.717, 1.165) is 5.56 Å². The highest BCUT2D eigenvalue weighted by Gasteiger charge is 2.60. The van der Waals surface area contributed by atoms with Crippen molar-refractivity contribution in [1.29, 1.82) is 0 Å². The minimum atomic E-state index is -2.65. The van der Waals surface area contributed by atoms with Gasteiger partial charge in [-0.05, 0) is 47.4 Å². The van der Waals surface area contributed by atoms with Gasteiger partial charge in [0.05, 0.1) is 10.5 Å². The Balaban J connectivity index is 1.75. The van der Waals surface area contributed by atoms with Crippen LogP contribution >= 0.6 is 0 Å². The lowest BCUT2D eigenvalue weighted by Crippen LogP contribution is -2.58. The van der Waals surface area contributed by atoms with E-state index in [2.05, 4.69) is 0 Å². The van der Waals surface area contributed by atoms with E-state index in [1.54, 1.807) is 12.1 Å².